The van der Waals surface area contributed by atoms with Crippen molar-refractivity contribution in [2.75, 3.05) is 6.61 Å². The van der Waals surface area contributed by atoms with E-state index in [1.807, 2.05) is 12.1 Å². The Kier molecular flexibility index (Phi) is 11.0. The van der Waals surface area contributed by atoms with E-state index < -0.39 is 5.97 Å². The first-order valence-corrected chi connectivity index (χ1v) is 13.0. The van der Waals surface area contributed by atoms with Gasteiger partial charge in [-0.25, -0.2) is 4.79 Å². The number of carbonyl (C=O) groups is 1. The lowest BCUT2D eigenvalue weighted by atomic mass is 10.1. The Morgan fingerprint density at radius 1 is 0.833 bits per heavy atom. The van der Waals surface area contributed by atoms with Gasteiger partial charge in [0, 0.05) is 17.8 Å². The molecule has 36 heavy (non-hydrogen) atoms. The Morgan fingerprint density at radius 3 is 2.22 bits per heavy atom. The number of aliphatic imine (C=N–C) groups is 1. The summed E-state index contributed by atoms with van der Waals surface area (Å²) in [5.74, 6) is 0.480. The zero-order valence-electron chi connectivity index (χ0n) is 21.4. The highest BCUT2D eigenvalue weighted by Gasteiger charge is 2.10. The number of hydrogen-bond donors (Lipinski definition) is 1. The average Bonchev–Trinajstić information content (AvgIpc) is 2.89. The molecule has 1 N–H and O–H groups in total. The molecule has 0 aliphatic rings. The van der Waals surface area contributed by atoms with Crippen molar-refractivity contribution in [3.05, 3.63) is 83.4 Å². The van der Waals surface area contributed by atoms with E-state index >= 15 is 0 Å². The highest BCUT2D eigenvalue weighted by atomic mass is 16.5. The van der Waals surface area contributed by atoms with Crippen LogP contribution in [0.1, 0.15) is 80.3 Å². The summed E-state index contributed by atoms with van der Waals surface area (Å²) >= 11 is 0. The van der Waals surface area contributed by atoms with Gasteiger partial charge in [-0.2, -0.15) is 0 Å². The lowest BCUT2D eigenvalue weighted by Crippen LogP contribution is -2.08. The zero-order valence-corrected chi connectivity index (χ0v) is 21.4. The topological polar surface area (TPSA) is 68.1 Å². The molecule has 0 saturated heterocycles. The van der Waals surface area contributed by atoms with Gasteiger partial charge in [-0.1, -0.05) is 58.1 Å². The minimum Gasteiger partial charge on any atom is -0.507 e. The molecule has 3 rings (SSSR count). The fourth-order valence-corrected chi connectivity index (χ4v) is 3.71. The van der Waals surface area contributed by atoms with E-state index in [1.165, 1.54) is 43.7 Å². The molecule has 0 aromatic heterocycles. The Balaban J connectivity index is 1.52. The van der Waals surface area contributed by atoms with Gasteiger partial charge in [0.1, 0.15) is 17.2 Å². The maximum Gasteiger partial charge on any atom is 0.343 e. The Morgan fingerprint density at radius 2 is 1.53 bits per heavy atom. The number of aromatic hydroxyl groups is 1. The van der Waals surface area contributed by atoms with Crippen LogP contribution in [-0.4, -0.2) is 23.9 Å². The molecule has 0 saturated carbocycles. The van der Waals surface area contributed by atoms with Crippen LogP contribution in [0.25, 0.3) is 0 Å². The van der Waals surface area contributed by atoms with Crippen molar-refractivity contribution in [1.82, 2.24) is 0 Å². The van der Waals surface area contributed by atoms with E-state index in [2.05, 4.69) is 31.0 Å². The molecule has 0 bridgehead atoms. The summed E-state index contributed by atoms with van der Waals surface area (Å²) < 4.78 is 11.0. The summed E-state index contributed by atoms with van der Waals surface area (Å²) in [5, 5.41) is 10.4. The van der Waals surface area contributed by atoms with Crippen LogP contribution >= 0.6 is 0 Å². The molecule has 0 radical (unpaired) electrons. The predicted molar refractivity (Wildman–Crippen MR) is 146 cm³/mol. The SMILES string of the molecule is CCCCCCCc1ccc(N=Cc2ccc(OC(=O)c3ccc(OCCCC)cc3)cc2O)cc1. The summed E-state index contributed by atoms with van der Waals surface area (Å²) in [4.78, 5) is 16.9. The summed E-state index contributed by atoms with van der Waals surface area (Å²) in [7, 11) is 0. The van der Waals surface area contributed by atoms with Crippen molar-refractivity contribution >= 4 is 17.9 Å². The summed E-state index contributed by atoms with van der Waals surface area (Å²) in [5.41, 5.74) is 3.09. The van der Waals surface area contributed by atoms with Crippen molar-refractivity contribution in [2.45, 2.75) is 65.2 Å². The second-order valence-corrected chi connectivity index (χ2v) is 8.93. The smallest absolute Gasteiger partial charge is 0.343 e. The molecular formula is C31H37NO4. The molecule has 0 aliphatic carbocycles. The van der Waals surface area contributed by atoms with Gasteiger partial charge in [-0.05, 0) is 73.4 Å². The first-order chi connectivity index (χ1) is 17.6. The van der Waals surface area contributed by atoms with E-state index in [4.69, 9.17) is 9.47 Å². The minimum absolute atomic E-state index is 0.00702. The number of benzene rings is 3. The number of esters is 1. The van der Waals surface area contributed by atoms with Crippen molar-refractivity contribution in [3.8, 4) is 17.2 Å². The third kappa shape index (κ3) is 8.88. The molecular weight excluding hydrogens is 450 g/mol. The number of nitrogens with zero attached hydrogens (tertiary/aromatic N) is 1. The zero-order chi connectivity index (χ0) is 25.6. The largest absolute Gasteiger partial charge is 0.507 e. The molecule has 5 nitrogen and oxygen atoms in total. The van der Waals surface area contributed by atoms with Crippen LogP contribution < -0.4 is 9.47 Å². The normalized spacial score (nSPS) is 11.1. The first kappa shape index (κ1) is 27.0. The molecule has 0 atom stereocenters. The molecule has 0 amide bonds. The van der Waals surface area contributed by atoms with Gasteiger partial charge in [-0.3, -0.25) is 4.99 Å². The molecule has 0 spiro atoms. The van der Waals surface area contributed by atoms with Crippen molar-refractivity contribution in [2.24, 2.45) is 4.99 Å². The second kappa shape index (κ2) is 14.7. The quantitative estimate of drug-likeness (QED) is 0.108. The summed E-state index contributed by atoms with van der Waals surface area (Å²) in [6, 6.07) is 19.8. The van der Waals surface area contributed by atoms with Gasteiger partial charge < -0.3 is 14.6 Å². The molecule has 0 aliphatic heterocycles. The van der Waals surface area contributed by atoms with Crippen LogP contribution in [-0.2, 0) is 6.42 Å². The minimum atomic E-state index is -0.499. The van der Waals surface area contributed by atoms with E-state index in [-0.39, 0.29) is 11.5 Å². The lowest BCUT2D eigenvalue weighted by Gasteiger charge is -2.08. The maximum absolute atomic E-state index is 12.5. The number of aryl methyl sites for hydroxylation is 1. The van der Waals surface area contributed by atoms with Gasteiger partial charge in [0.2, 0.25) is 0 Å². The fourth-order valence-electron chi connectivity index (χ4n) is 3.71. The van der Waals surface area contributed by atoms with Gasteiger partial charge in [-0.15, -0.1) is 0 Å². The Labute approximate surface area is 214 Å². The summed E-state index contributed by atoms with van der Waals surface area (Å²) in [6.07, 6.45) is 11.1. The molecule has 5 heteroatoms. The number of phenolic OH excluding ortho intramolecular Hbond substituents is 1. The van der Waals surface area contributed by atoms with Crippen LogP contribution in [0.15, 0.2) is 71.7 Å². The molecule has 3 aromatic carbocycles. The summed E-state index contributed by atoms with van der Waals surface area (Å²) in [6.45, 7) is 4.99. The Bertz CT molecular complexity index is 1100. The van der Waals surface area contributed by atoms with Crippen LogP contribution in [0.5, 0.6) is 17.2 Å². The number of carbonyl (C=O) groups excluding carboxylic acids is 1. The van der Waals surface area contributed by atoms with Gasteiger partial charge in [0.25, 0.3) is 0 Å². The maximum atomic E-state index is 12.5. The molecule has 0 heterocycles. The number of hydrogen-bond acceptors (Lipinski definition) is 5. The van der Waals surface area contributed by atoms with Crippen molar-refractivity contribution in [3.63, 3.8) is 0 Å². The van der Waals surface area contributed by atoms with Crippen LogP contribution in [0.3, 0.4) is 0 Å². The highest BCUT2D eigenvalue weighted by molar-refractivity contribution is 5.91. The van der Waals surface area contributed by atoms with Gasteiger partial charge in [0.05, 0.1) is 17.9 Å². The molecule has 0 unspecified atom stereocenters. The Hall–Kier alpha value is -3.60. The monoisotopic (exact) mass is 487 g/mol. The molecule has 0 fully saturated rings. The highest BCUT2D eigenvalue weighted by Crippen LogP contribution is 2.25. The number of rotatable bonds is 14. The average molecular weight is 488 g/mol. The van der Waals surface area contributed by atoms with E-state index in [0.29, 0.717) is 17.7 Å². The lowest BCUT2D eigenvalue weighted by molar-refractivity contribution is 0.0734. The number of phenols is 1. The third-order valence-corrected chi connectivity index (χ3v) is 5.93. The second-order valence-electron chi connectivity index (χ2n) is 8.93. The number of unbranched alkanes of at least 4 members (excludes halogenated alkanes) is 5. The van der Waals surface area contributed by atoms with Crippen molar-refractivity contribution in [1.29, 1.82) is 0 Å². The molecule has 190 valence electrons. The number of ether oxygens (including phenoxy) is 2. The standard InChI is InChI=1S/C31H37NO4/c1-3-5-7-8-9-10-24-11-16-27(17-12-24)32-23-26-15-20-29(22-30(26)33)36-31(34)25-13-18-28(19-14-25)35-21-6-4-2/h11-20,22-23,33H,3-10,21H2,1-2H3. The van der Waals surface area contributed by atoms with Crippen LogP contribution in [0.2, 0.25) is 0 Å². The first-order valence-electron chi connectivity index (χ1n) is 13.0. The third-order valence-electron chi connectivity index (χ3n) is 5.93. The predicted octanol–water partition coefficient (Wildman–Crippen LogP) is 8.05. The van der Waals surface area contributed by atoms with Crippen molar-refractivity contribution < 1.29 is 19.4 Å². The van der Waals surface area contributed by atoms with Crippen LogP contribution in [0.4, 0.5) is 5.69 Å². The fraction of sp³-hybridized carbons (Fsp3) is 0.355. The van der Waals surface area contributed by atoms with Gasteiger partial charge in [0.15, 0.2) is 0 Å². The van der Waals surface area contributed by atoms with E-state index in [1.54, 1.807) is 42.6 Å². The van der Waals surface area contributed by atoms with Gasteiger partial charge >= 0.3 is 5.97 Å². The van der Waals surface area contributed by atoms with E-state index in [0.717, 1.165) is 30.7 Å². The van der Waals surface area contributed by atoms with E-state index in [9.17, 15) is 9.90 Å². The molecule has 3 aromatic rings. The van der Waals surface area contributed by atoms with Crippen LogP contribution in [0, 0.1) is 0 Å².